The first-order valence-electron chi connectivity index (χ1n) is 12.4. The van der Waals surface area contributed by atoms with Gasteiger partial charge in [0.15, 0.2) is 5.82 Å². The molecule has 1 aliphatic heterocycles. The third-order valence-corrected chi connectivity index (χ3v) is 7.49. The van der Waals surface area contributed by atoms with Crippen LogP contribution in [0.2, 0.25) is 5.02 Å². The molecule has 0 radical (unpaired) electrons. The number of likely N-dealkylation sites (tertiary alicyclic amines) is 1. The molecule has 34 heavy (non-hydrogen) atoms. The van der Waals surface area contributed by atoms with Crippen LogP contribution in [0.1, 0.15) is 54.9 Å². The lowest BCUT2D eigenvalue weighted by atomic mass is 9.64. The normalized spacial score (nSPS) is 18.5. The van der Waals surface area contributed by atoms with Crippen LogP contribution in [0.3, 0.4) is 0 Å². The zero-order valence-electron chi connectivity index (χ0n) is 19.8. The van der Waals surface area contributed by atoms with Crippen molar-refractivity contribution in [3.05, 3.63) is 76.4 Å². The number of ether oxygens (including phenoxy) is 1. The van der Waals surface area contributed by atoms with Gasteiger partial charge in [-0.25, -0.2) is 0 Å². The Hall–Kier alpha value is -2.41. The van der Waals surface area contributed by atoms with Gasteiger partial charge in [-0.05, 0) is 62.4 Å². The second-order valence-corrected chi connectivity index (χ2v) is 10.0. The molecule has 3 aromatic rings. The van der Waals surface area contributed by atoms with E-state index >= 15 is 0 Å². The van der Waals surface area contributed by atoms with Crippen LogP contribution in [0.25, 0.3) is 0 Å². The molecule has 2 fully saturated rings. The molecule has 0 unspecified atom stereocenters. The van der Waals surface area contributed by atoms with Crippen LogP contribution in [-0.2, 0) is 12.0 Å². The summed E-state index contributed by atoms with van der Waals surface area (Å²) in [6.45, 7) is 6.71. The van der Waals surface area contributed by atoms with Crippen molar-refractivity contribution in [3.8, 4) is 5.75 Å². The SMILES string of the molecule is Cc1ccc(OC2CCN(CCNCc3nc(C4(c5ccc(Cl)cc5)CCC4)no3)CC2)cc1. The highest BCUT2D eigenvalue weighted by molar-refractivity contribution is 6.30. The molecule has 7 heteroatoms. The number of hydrogen-bond acceptors (Lipinski definition) is 6. The monoisotopic (exact) mass is 480 g/mol. The van der Waals surface area contributed by atoms with Crippen LogP contribution in [0.15, 0.2) is 53.1 Å². The van der Waals surface area contributed by atoms with E-state index in [9.17, 15) is 0 Å². The Kier molecular flexibility index (Phi) is 7.18. The van der Waals surface area contributed by atoms with Gasteiger partial charge in [-0.15, -0.1) is 0 Å². The number of hydrogen-bond donors (Lipinski definition) is 1. The summed E-state index contributed by atoms with van der Waals surface area (Å²) in [5.74, 6) is 2.43. The molecule has 180 valence electrons. The molecule has 6 nitrogen and oxygen atoms in total. The molecule has 1 aromatic heterocycles. The average molecular weight is 481 g/mol. The van der Waals surface area contributed by atoms with Gasteiger partial charge in [0.1, 0.15) is 11.9 Å². The maximum absolute atomic E-state index is 6.15. The summed E-state index contributed by atoms with van der Waals surface area (Å²) >= 11 is 6.08. The van der Waals surface area contributed by atoms with Gasteiger partial charge in [-0.1, -0.05) is 53.0 Å². The number of aryl methyl sites for hydroxylation is 1. The number of nitrogens with zero attached hydrogens (tertiary/aromatic N) is 3. The first-order valence-corrected chi connectivity index (χ1v) is 12.7. The van der Waals surface area contributed by atoms with Crippen molar-refractivity contribution < 1.29 is 9.26 Å². The summed E-state index contributed by atoms with van der Waals surface area (Å²) in [5, 5.41) is 8.56. The third-order valence-electron chi connectivity index (χ3n) is 7.24. The molecule has 1 saturated heterocycles. The van der Waals surface area contributed by atoms with Gasteiger partial charge in [-0.3, -0.25) is 0 Å². The van der Waals surface area contributed by atoms with Crippen molar-refractivity contribution in [2.24, 2.45) is 0 Å². The standard InChI is InChI=1S/C27H33ClN4O2/c1-20-3-9-23(10-4-20)33-24-11-16-32(17-12-24)18-15-29-19-25-30-26(31-34-25)27(13-2-14-27)21-5-7-22(28)8-6-21/h3-10,24,29H,2,11-19H2,1H3. The highest BCUT2D eigenvalue weighted by Crippen LogP contribution is 2.47. The van der Waals surface area contributed by atoms with Gasteiger partial charge in [0.05, 0.1) is 12.0 Å². The minimum Gasteiger partial charge on any atom is -0.490 e. The van der Waals surface area contributed by atoms with Gasteiger partial charge in [0.25, 0.3) is 0 Å². The van der Waals surface area contributed by atoms with Crippen molar-refractivity contribution in [2.45, 2.75) is 57.1 Å². The summed E-state index contributed by atoms with van der Waals surface area (Å²) in [6.07, 6.45) is 5.71. The Bertz CT molecular complexity index is 1050. The highest BCUT2D eigenvalue weighted by Gasteiger charge is 2.44. The zero-order valence-corrected chi connectivity index (χ0v) is 20.6. The lowest BCUT2D eigenvalue weighted by molar-refractivity contribution is 0.101. The van der Waals surface area contributed by atoms with E-state index in [4.69, 9.17) is 25.8 Å². The summed E-state index contributed by atoms with van der Waals surface area (Å²) in [7, 11) is 0. The number of aromatic nitrogens is 2. The quantitative estimate of drug-likeness (QED) is 0.428. The number of rotatable bonds is 9. The topological polar surface area (TPSA) is 63.4 Å². The molecule has 0 spiro atoms. The van der Waals surface area contributed by atoms with Crippen molar-refractivity contribution >= 4 is 11.6 Å². The molecule has 2 aromatic carbocycles. The average Bonchev–Trinajstić information content (AvgIpc) is 3.29. The van der Waals surface area contributed by atoms with Crippen LogP contribution in [-0.4, -0.2) is 47.3 Å². The van der Waals surface area contributed by atoms with Crippen LogP contribution in [0.4, 0.5) is 0 Å². The molecule has 2 aliphatic rings. The minimum absolute atomic E-state index is 0.128. The third kappa shape index (κ3) is 5.29. The summed E-state index contributed by atoms with van der Waals surface area (Å²) < 4.78 is 11.7. The molecule has 0 amide bonds. The van der Waals surface area contributed by atoms with E-state index in [0.29, 0.717) is 18.5 Å². The van der Waals surface area contributed by atoms with Gasteiger partial charge in [0, 0.05) is 31.2 Å². The van der Waals surface area contributed by atoms with Gasteiger partial charge in [0.2, 0.25) is 5.89 Å². The van der Waals surface area contributed by atoms with Gasteiger partial charge < -0.3 is 19.5 Å². The zero-order chi connectivity index (χ0) is 23.4. The Balaban J connectivity index is 1.05. The smallest absolute Gasteiger partial charge is 0.240 e. The molecule has 0 atom stereocenters. The van der Waals surface area contributed by atoms with Crippen LogP contribution < -0.4 is 10.1 Å². The summed E-state index contributed by atoms with van der Waals surface area (Å²) in [6, 6.07) is 16.4. The van der Waals surface area contributed by atoms with Crippen molar-refractivity contribution in [1.29, 1.82) is 0 Å². The van der Waals surface area contributed by atoms with Gasteiger partial charge >= 0.3 is 0 Å². The lowest BCUT2D eigenvalue weighted by Crippen LogP contribution is -2.41. The molecule has 5 rings (SSSR count). The predicted octanol–water partition coefficient (Wildman–Crippen LogP) is 5.13. The highest BCUT2D eigenvalue weighted by atomic mass is 35.5. The molecule has 1 N–H and O–H groups in total. The van der Waals surface area contributed by atoms with Crippen LogP contribution in [0, 0.1) is 6.92 Å². The van der Waals surface area contributed by atoms with E-state index in [0.717, 1.165) is 68.5 Å². The molecule has 1 aliphatic carbocycles. The fourth-order valence-electron chi connectivity index (χ4n) is 4.95. The van der Waals surface area contributed by atoms with Gasteiger partial charge in [-0.2, -0.15) is 4.98 Å². The molecular weight excluding hydrogens is 448 g/mol. The van der Waals surface area contributed by atoms with Crippen molar-refractivity contribution in [3.63, 3.8) is 0 Å². The Morgan fingerprint density at radius 1 is 1.09 bits per heavy atom. The van der Waals surface area contributed by atoms with E-state index in [2.05, 4.69) is 58.7 Å². The number of halogens is 1. The maximum atomic E-state index is 6.15. The first-order chi connectivity index (χ1) is 16.6. The summed E-state index contributed by atoms with van der Waals surface area (Å²) in [5.41, 5.74) is 2.35. The minimum atomic E-state index is -0.128. The Labute approximate surface area is 206 Å². The van der Waals surface area contributed by atoms with E-state index in [1.807, 2.05) is 12.1 Å². The van der Waals surface area contributed by atoms with E-state index in [-0.39, 0.29) is 5.41 Å². The van der Waals surface area contributed by atoms with E-state index in [1.54, 1.807) is 0 Å². The van der Waals surface area contributed by atoms with Crippen molar-refractivity contribution in [2.75, 3.05) is 26.2 Å². The number of nitrogens with one attached hydrogen (secondary N) is 1. The van der Waals surface area contributed by atoms with Crippen LogP contribution >= 0.6 is 11.6 Å². The van der Waals surface area contributed by atoms with E-state index < -0.39 is 0 Å². The fourth-order valence-corrected chi connectivity index (χ4v) is 5.08. The Morgan fingerprint density at radius 2 is 1.82 bits per heavy atom. The van der Waals surface area contributed by atoms with Crippen molar-refractivity contribution in [1.82, 2.24) is 20.4 Å². The molecule has 1 saturated carbocycles. The Morgan fingerprint density at radius 3 is 2.50 bits per heavy atom. The number of benzene rings is 2. The predicted molar refractivity (Wildman–Crippen MR) is 133 cm³/mol. The summed E-state index contributed by atoms with van der Waals surface area (Å²) in [4.78, 5) is 7.23. The lowest BCUT2D eigenvalue weighted by Gasteiger charge is -2.39. The second kappa shape index (κ2) is 10.5. The van der Waals surface area contributed by atoms with E-state index in [1.165, 1.54) is 17.5 Å². The maximum Gasteiger partial charge on any atom is 0.240 e. The first kappa shape index (κ1) is 23.3. The largest absolute Gasteiger partial charge is 0.490 e. The second-order valence-electron chi connectivity index (χ2n) is 9.60. The molecule has 0 bridgehead atoms. The fraction of sp³-hybridized carbons (Fsp3) is 0.481. The molecule has 2 heterocycles. The molecular formula is C27H33ClN4O2. The van der Waals surface area contributed by atoms with Crippen LogP contribution in [0.5, 0.6) is 5.75 Å². The number of piperidine rings is 1.